The molecule has 3 N–H and O–H groups in total. The van der Waals surface area contributed by atoms with Gasteiger partial charge in [0.15, 0.2) is 0 Å². The van der Waals surface area contributed by atoms with E-state index < -0.39 is 17.8 Å². The molecule has 0 aromatic heterocycles. The van der Waals surface area contributed by atoms with E-state index in [0.717, 1.165) is 16.5 Å². The van der Waals surface area contributed by atoms with E-state index in [2.05, 4.69) is 20.4 Å². The first-order chi connectivity index (χ1) is 16.5. The maximum Gasteiger partial charge on any atom is 0.238 e. The molecule has 1 aliphatic heterocycles. The smallest absolute Gasteiger partial charge is 0.238 e. The highest BCUT2D eigenvalue weighted by Crippen LogP contribution is 2.23. The zero-order valence-corrected chi connectivity index (χ0v) is 18.9. The van der Waals surface area contributed by atoms with Gasteiger partial charge in [-0.3, -0.25) is 19.4 Å². The van der Waals surface area contributed by atoms with E-state index in [-0.39, 0.29) is 18.0 Å². The van der Waals surface area contributed by atoms with Crippen molar-refractivity contribution in [3.8, 4) is 0 Å². The van der Waals surface area contributed by atoms with Crippen LogP contribution < -0.4 is 10.6 Å². The lowest BCUT2D eigenvalue weighted by Crippen LogP contribution is -2.50. The van der Waals surface area contributed by atoms with Crippen LogP contribution in [0.2, 0.25) is 0 Å². The van der Waals surface area contributed by atoms with Gasteiger partial charge in [0.05, 0.1) is 24.8 Å². The first-order valence-corrected chi connectivity index (χ1v) is 11.4. The van der Waals surface area contributed by atoms with Gasteiger partial charge in [-0.25, -0.2) is 4.39 Å². The number of amides is 2. The number of aliphatic hydroxyl groups excluding tert-OH is 1. The SMILES string of the molecule is O=C(CC(O)CN1CCN(CC(=O)Nc2cccc3ccccc23)CC1)Nc1ccccc1F. The molecule has 8 heteroatoms. The van der Waals surface area contributed by atoms with E-state index in [9.17, 15) is 19.1 Å². The Balaban J connectivity index is 1.19. The molecule has 0 saturated carbocycles. The molecule has 7 nitrogen and oxygen atoms in total. The average molecular weight is 465 g/mol. The lowest BCUT2D eigenvalue weighted by atomic mass is 10.1. The molecular weight excluding hydrogens is 435 g/mol. The second-order valence-electron chi connectivity index (χ2n) is 8.54. The van der Waals surface area contributed by atoms with Crippen LogP contribution in [0.4, 0.5) is 15.8 Å². The Morgan fingerprint density at radius 3 is 2.24 bits per heavy atom. The number of halogens is 1. The summed E-state index contributed by atoms with van der Waals surface area (Å²) in [5.74, 6) is -0.998. The van der Waals surface area contributed by atoms with Gasteiger partial charge in [0, 0.05) is 43.8 Å². The fraction of sp³-hybridized carbons (Fsp3) is 0.308. The molecule has 1 heterocycles. The number of nitrogens with zero attached hydrogens (tertiary/aromatic N) is 2. The van der Waals surface area contributed by atoms with Gasteiger partial charge in [-0.15, -0.1) is 0 Å². The number of carbonyl (C=O) groups excluding carboxylic acids is 2. The molecular formula is C26H29FN4O3. The van der Waals surface area contributed by atoms with E-state index in [1.807, 2.05) is 42.5 Å². The number of piperazine rings is 1. The lowest BCUT2D eigenvalue weighted by molar-refractivity contribution is -0.119. The molecule has 1 atom stereocenters. The molecule has 2 amide bonds. The summed E-state index contributed by atoms with van der Waals surface area (Å²) in [5.41, 5.74) is 0.911. The molecule has 1 aliphatic rings. The minimum absolute atomic E-state index is 0.0605. The van der Waals surface area contributed by atoms with E-state index in [0.29, 0.717) is 39.3 Å². The Hall–Kier alpha value is -3.33. The molecule has 3 aromatic carbocycles. The predicted molar refractivity (Wildman–Crippen MR) is 131 cm³/mol. The molecule has 178 valence electrons. The zero-order chi connectivity index (χ0) is 23.9. The average Bonchev–Trinajstić information content (AvgIpc) is 2.82. The second kappa shape index (κ2) is 11.2. The normalized spacial score (nSPS) is 15.7. The third kappa shape index (κ3) is 6.38. The number of nitrogens with one attached hydrogen (secondary N) is 2. The van der Waals surface area contributed by atoms with Gasteiger partial charge in [0.2, 0.25) is 11.8 Å². The quantitative estimate of drug-likeness (QED) is 0.477. The molecule has 0 aliphatic carbocycles. The Kier molecular flexibility index (Phi) is 7.84. The van der Waals surface area contributed by atoms with Gasteiger partial charge in [-0.1, -0.05) is 48.5 Å². The van der Waals surface area contributed by atoms with Gasteiger partial charge in [-0.2, -0.15) is 0 Å². The summed E-state index contributed by atoms with van der Waals surface area (Å²) >= 11 is 0. The van der Waals surface area contributed by atoms with Gasteiger partial charge < -0.3 is 15.7 Å². The first kappa shape index (κ1) is 23.8. The monoisotopic (exact) mass is 464 g/mol. The third-order valence-corrected chi connectivity index (χ3v) is 5.93. The van der Waals surface area contributed by atoms with Crippen molar-refractivity contribution in [1.82, 2.24) is 9.80 Å². The van der Waals surface area contributed by atoms with Crippen LogP contribution in [-0.4, -0.2) is 72.1 Å². The second-order valence-corrected chi connectivity index (χ2v) is 8.54. The van der Waals surface area contributed by atoms with Crippen molar-refractivity contribution in [1.29, 1.82) is 0 Å². The standard InChI is InChI=1S/C26H29FN4O3/c27-22-9-3-4-10-24(22)29-25(33)16-20(32)17-30-12-14-31(15-13-30)18-26(34)28-23-11-5-7-19-6-1-2-8-21(19)23/h1-11,20,32H,12-18H2,(H,28,34)(H,29,33). The van der Waals surface area contributed by atoms with Gasteiger partial charge >= 0.3 is 0 Å². The lowest BCUT2D eigenvalue weighted by Gasteiger charge is -2.35. The van der Waals surface area contributed by atoms with E-state index in [4.69, 9.17) is 0 Å². The molecule has 34 heavy (non-hydrogen) atoms. The highest BCUT2D eigenvalue weighted by atomic mass is 19.1. The Labute approximate surface area is 198 Å². The first-order valence-electron chi connectivity index (χ1n) is 11.4. The van der Waals surface area contributed by atoms with Crippen LogP contribution in [0.25, 0.3) is 10.8 Å². The van der Waals surface area contributed by atoms with Crippen LogP contribution in [0.3, 0.4) is 0 Å². The van der Waals surface area contributed by atoms with Crippen LogP contribution >= 0.6 is 0 Å². The van der Waals surface area contributed by atoms with Crippen LogP contribution in [0.1, 0.15) is 6.42 Å². The minimum Gasteiger partial charge on any atom is -0.391 e. The predicted octanol–water partition coefficient (Wildman–Crippen LogP) is 2.92. The Bertz CT molecular complexity index is 1140. The minimum atomic E-state index is -0.854. The highest BCUT2D eigenvalue weighted by Gasteiger charge is 2.22. The van der Waals surface area contributed by atoms with Crippen LogP contribution in [-0.2, 0) is 9.59 Å². The number of aliphatic hydroxyl groups is 1. The van der Waals surface area contributed by atoms with Crippen LogP contribution in [0, 0.1) is 5.82 Å². The van der Waals surface area contributed by atoms with Crippen molar-refractivity contribution in [2.45, 2.75) is 12.5 Å². The number of carbonyl (C=O) groups is 2. The summed E-state index contributed by atoms with van der Waals surface area (Å²) in [6, 6.07) is 19.7. The largest absolute Gasteiger partial charge is 0.391 e. The van der Waals surface area contributed by atoms with Crippen LogP contribution in [0.5, 0.6) is 0 Å². The third-order valence-electron chi connectivity index (χ3n) is 5.93. The van der Waals surface area contributed by atoms with Gasteiger partial charge in [0.25, 0.3) is 0 Å². The van der Waals surface area contributed by atoms with Crippen molar-refractivity contribution in [3.05, 3.63) is 72.5 Å². The number of rotatable bonds is 8. The molecule has 3 aromatic rings. The summed E-state index contributed by atoms with van der Waals surface area (Å²) in [6.07, 6.45) is -0.963. The number of hydrogen-bond acceptors (Lipinski definition) is 5. The molecule has 1 unspecified atom stereocenters. The van der Waals surface area contributed by atoms with Crippen molar-refractivity contribution in [2.75, 3.05) is 49.9 Å². The maximum atomic E-state index is 13.7. The number of fused-ring (bicyclic) bond motifs is 1. The molecule has 1 fully saturated rings. The van der Waals surface area contributed by atoms with Gasteiger partial charge in [0.1, 0.15) is 5.82 Å². The molecule has 1 saturated heterocycles. The number of anilines is 2. The molecule has 0 radical (unpaired) electrons. The Morgan fingerprint density at radius 1 is 0.824 bits per heavy atom. The number of benzene rings is 3. The highest BCUT2D eigenvalue weighted by molar-refractivity contribution is 6.02. The molecule has 0 spiro atoms. The summed E-state index contributed by atoms with van der Waals surface area (Å²) in [4.78, 5) is 28.9. The maximum absolute atomic E-state index is 13.7. The number of hydrogen-bond donors (Lipinski definition) is 3. The summed E-state index contributed by atoms with van der Waals surface area (Å²) in [7, 11) is 0. The van der Waals surface area contributed by atoms with Gasteiger partial charge in [-0.05, 0) is 23.6 Å². The molecule has 4 rings (SSSR count). The zero-order valence-electron chi connectivity index (χ0n) is 18.9. The van der Waals surface area contributed by atoms with Crippen LogP contribution in [0.15, 0.2) is 66.7 Å². The van der Waals surface area contributed by atoms with Crippen molar-refractivity contribution < 1.29 is 19.1 Å². The fourth-order valence-electron chi connectivity index (χ4n) is 4.20. The van der Waals surface area contributed by atoms with Crippen molar-refractivity contribution >= 4 is 34.0 Å². The molecule has 0 bridgehead atoms. The summed E-state index contributed by atoms with van der Waals surface area (Å²) in [5, 5.41) is 17.9. The van der Waals surface area contributed by atoms with Crippen molar-refractivity contribution in [2.24, 2.45) is 0 Å². The number of para-hydroxylation sites is 1. The number of β-amino-alcohol motifs (C(OH)–C–C–N with tert-alkyl or cyclic N) is 1. The summed E-state index contributed by atoms with van der Waals surface area (Å²) < 4.78 is 13.7. The van der Waals surface area contributed by atoms with E-state index >= 15 is 0 Å². The summed E-state index contributed by atoms with van der Waals surface area (Å²) in [6.45, 7) is 3.40. The fourth-order valence-corrected chi connectivity index (χ4v) is 4.20. The van der Waals surface area contributed by atoms with E-state index in [1.54, 1.807) is 12.1 Å². The topological polar surface area (TPSA) is 84.9 Å². The Morgan fingerprint density at radius 2 is 1.44 bits per heavy atom. The van der Waals surface area contributed by atoms with E-state index in [1.165, 1.54) is 12.1 Å². The van der Waals surface area contributed by atoms with Crippen molar-refractivity contribution in [3.63, 3.8) is 0 Å².